The minimum Gasteiger partial charge on any atom is -0.456 e. The molecule has 0 aromatic heterocycles. The van der Waals surface area contributed by atoms with E-state index in [1.807, 2.05) is 93.6 Å². The number of carbonyl (C=O) groups is 1. The van der Waals surface area contributed by atoms with Gasteiger partial charge in [-0.25, -0.2) is 4.79 Å². The summed E-state index contributed by atoms with van der Waals surface area (Å²) in [5, 5.41) is 1.59. The van der Waals surface area contributed by atoms with Gasteiger partial charge in [-0.05, 0) is 45.0 Å². The molecule has 0 aliphatic carbocycles. The SMILES string of the molecule is CC(C)(C)OC(=O)c1ccc(SP(=O)(c2ccccc2)c2ccccc2)cc1. The van der Waals surface area contributed by atoms with Crippen LogP contribution in [-0.2, 0) is 9.30 Å². The van der Waals surface area contributed by atoms with Gasteiger partial charge in [0.05, 0.1) is 5.56 Å². The number of carbonyl (C=O) groups excluding carboxylic acids is 1. The van der Waals surface area contributed by atoms with Crippen LogP contribution in [0.4, 0.5) is 0 Å². The van der Waals surface area contributed by atoms with Crippen LogP contribution in [0.15, 0.2) is 89.8 Å². The van der Waals surface area contributed by atoms with E-state index in [9.17, 15) is 9.36 Å². The summed E-state index contributed by atoms with van der Waals surface area (Å²) in [7, 11) is 0. The maximum absolute atomic E-state index is 14.1. The molecule has 0 heterocycles. The lowest BCUT2D eigenvalue weighted by atomic mass is 10.2. The van der Waals surface area contributed by atoms with Crippen LogP contribution in [0.3, 0.4) is 0 Å². The highest BCUT2D eigenvalue weighted by Gasteiger charge is 2.29. The van der Waals surface area contributed by atoms with Gasteiger partial charge >= 0.3 is 5.97 Å². The number of rotatable bonds is 5. The highest BCUT2D eigenvalue weighted by Crippen LogP contribution is 2.59. The smallest absolute Gasteiger partial charge is 0.338 e. The summed E-state index contributed by atoms with van der Waals surface area (Å²) < 4.78 is 19.5. The summed E-state index contributed by atoms with van der Waals surface area (Å²) in [6.07, 6.45) is -2.92. The molecule has 0 aliphatic rings. The molecule has 5 heteroatoms. The second-order valence-electron chi connectivity index (χ2n) is 7.34. The Morgan fingerprint density at radius 2 is 1.25 bits per heavy atom. The summed E-state index contributed by atoms with van der Waals surface area (Å²) >= 11 is 1.33. The van der Waals surface area contributed by atoms with Crippen LogP contribution in [0, 0.1) is 0 Å². The van der Waals surface area contributed by atoms with Gasteiger partial charge < -0.3 is 9.30 Å². The molecule has 0 atom stereocenters. The molecule has 0 aliphatic heterocycles. The van der Waals surface area contributed by atoms with E-state index in [2.05, 4.69) is 0 Å². The topological polar surface area (TPSA) is 43.4 Å². The maximum Gasteiger partial charge on any atom is 0.338 e. The van der Waals surface area contributed by atoms with Gasteiger partial charge in [0.15, 0.2) is 6.34 Å². The second kappa shape index (κ2) is 8.38. The Hall–Kier alpha value is -2.29. The van der Waals surface area contributed by atoms with E-state index in [0.717, 1.165) is 15.5 Å². The van der Waals surface area contributed by atoms with Crippen LogP contribution < -0.4 is 10.6 Å². The van der Waals surface area contributed by atoms with Gasteiger partial charge in [-0.15, -0.1) is 0 Å². The Bertz CT molecular complexity index is 934. The van der Waals surface area contributed by atoms with E-state index in [0.29, 0.717) is 5.56 Å². The number of hydrogen-bond donors (Lipinski definition) is 0. The molecule has 0 spiro atoms. The largest absolute Gasteiger partial charge is 0.456 e. The maximum atomic E-state index is 14.1. The molecule has 0 bridgehead atoms. The summed E-state index contributed by atoms with van der Waals surface area (Å²) in [5.74, 6) is -0.363. The molecule has 3 rings (SSSR count). The van der Waals surface area contributed by atoms with Gasteiger partial charge in [-0.1, -0.05) is 72.0 Å². The molecular weight excluding hydrogens is 387 g/mol. The first-order valence-corrected chi connectivity index (χ1v) is 12.2. The zero-order chi connectivity index (χ0) is 20.2. The fourth-order valence-electron chi connectivity index (χ4n) is 2.64. The molecule has 0 saturated carbocycles. The lowest BCUT2D eigenvalue weighted by Crippen LogP contribution is -2.23. The molecule has 3 aromatic carbocycles. The first kappa shape index (κ1) is 20.4. The van der Waals surface area contributed by atoms with Crippen molar-refractivity contribution in [3.05, 3.63) is 90.5 Å². The molecule has 3 nitrogen and oxygen atoms in total. The van der Waals surface area contributed by atoms with Gasteiger partial charge in [-0.2, -0.15) is 0 Å². The molecule has 144 valence electrons. The first-order chi connectivity index (χ1) is 13.3. The van der Waals surface area contributed by atoms with Crippen LogP contribution in [0.25, 0.3) is 0 Å². The summed E-state index contributed by atoms with van der Waals surface area (Å²) in [6, 6.07) is 26.1. The van der Waals surface area contributed by atoms with Crippen molar-refractivity contribution in [2.24, 2.45) is 0 Å². The van der Waals surface area contributed by atoms with Crippen LogP contribution in [-0.4, -0.2) is 11.6 Å². The van der Waals surface area contributed by atoms with Crippen molar-refractivity contribution in [2.75, 3.05) is 0 Å². The summed E-state index contributed by atoms with van der Waals surface area (Å²) in [6.45, 7) is 5.52. The second-order valence-corrected chi connectivity index (χ2v) is 12.2. The fraction of sp³-hybridized carbons (Fsp3) is 0.174. The molecular formula is C23H23O3PS. The third-order valence-corrected chi connectivity index (χ3v) is 9.28. The molecule has 0 amide bonds. The van der Waals surface area contributed by atoms with Gasteiger partial charge in [0.25, 0.3) is 0 Å². The molecule has 0 fully saturated rings. The Morgan fingerprint density at radius 1 is 0.786 bits per heavy atom. The normalized spacial score (nSPS) is 11.8. The zero-order valence-corrected chi connectivity index (χ0v) is 17.9. The van der Waals surface area contributed by atoms with Crippen LogP contribution in [0.5, 0.6) is 0 Å². The van der Waals surface area contributed by atoms with Crippen molar-refractivity contribution in [3.63, 3.8) is 0 Å². The number of esters is 1. The summed E-state index contributed by atoms with van der Waals surface area (Å²) in [5.41, 5.74) is -0.0607. The molecule has 0 radical (unpaired) electrons. The first-order valence-electron chi connectivity index (χ1n) is 9.02. The third kappa shape index (κ3) is 4.95. The van der Waals surface area contributed by atoms with Crippen LogP contribution in [0.2, 0.25) is 0 Å². The lowest BCUT2D eigenvalue weighted by Gasteiger charge is -2.20. The molecule has 0 saturated heterocycles. The van der Waals surface area contributed by atoms with Crippen LogP contribution >= 0.6 is 17.7 Å². The highest BCUT2D eigenvalue weighted by molar-refractivity contribution is 8.62. The number of benzene rings is 3. The van der Waals surface area contributed by atoms with Gasteiger partial charge in [0, 0.05) is 15.5 Å². The fourth-order valence-corrected chi connectivity index (χ4v) is 7.45. The van der Waals surface area contributed by atoms with E-state index >= 15 is 0 Å². The molecule has 0 N–H and O–H groups in total. The van der Waals surface area contributed by atoms with Crippen molar-refractivity contribution in [1.29, 1.82) is 0 Å². The number of hydrogen-bond acceptors (Lipinski definition) is 4. The van der Waals surface area contributed by atoms with E-state index in [1.165, 1.54) is 11.4 Å². The zero-order valence-electron chi connectivity index (χ0n) is 16.2. The third-order valence-electron chi connectivity index (χ3n) is 3.92. The standard InChI is InChI=1S/C23H23O3PS/c1-23(2,3)26-22(24)18-14-16-21(17-15-18)28-27(25,19-10-6-4-7-11-19)20-12-8-5-9-13-20/h4-17H,1-3H3. The summed E-state index contributed by atoms with van der Waals surface area (Å²) in [4.78, 5) is 13.1. The quantitative estimate of drug-likeness (QED) is 0.402. The van der Waals surface area contributed by atoms with Crippen molar-refractivity contribution in [2.45, 2.75) is 31.3 Å². The van der Waals surface area contributed by atoms with E-state index < -0.39 is 11.9 Å². The minimum atomic E-state index is -2.92. The lowest BCUT2D eigenvalue weighted by molar-refractivity contribution is 0.00694. The number of ether oxygens (including phenoxy) is 1. The van der Waals surface area contributed by atoms with Crippen molar-refractivity contribution in [3.8, 4) is 0 Å². The predicted octanol–water partition coefficient (Wildman–Crippen LogP) is 5.66. The van der Waals surface area contributed by atoms with E-state index in [-0.39, 0.29) is 5.97 Å². The molecule has 0 unspecified atom stereocenters. The molecule has 28 heavy (non-hydrogen) atoms. The average Bonchev–Trinajstić information content (AvgIpc) is 2.68. The highest BCUT2D eigenvalue weighted by atomic mass is 32.7. The van der Waals surface area contributed by atoms with Gasteiger partial charge in [0.1, 0.15) is 5.60 Å². The molecule has 3 aromatic rings. The monoisotopic (exact) mass is 410 g/mol. The van der Waals surface area contributed by atoms with E-state index in [1.54, 1.807) is 12.1 Å². The average molecular weight is 410 g/mol. The van der Waals surface area contributed by atoms with Crippen LogP contribution in [0.1, 0.15) is 31.1 Å². The minimum absolute atomic E-state index is 0.363. The predicted molar refractivity (Wildman–Crippen MR) is 117 cm³/mol. The Kier molecular flexibility index (Phi) is 6.12. The van der Waals surface area contributed by atoms with Crippen molar-refractivity contribution in [1.82, 2.24) is 0 Å². The Balaban J connectivity index is 1.90. The van der Waals surface area contributed by atoms with Gasteiger partial charge in [0.2, 0.25) is 0 Å². The Morgan fingerprint density at radius 3 is 1.68 bits per heavy atom. The van der Waals surface area contributed by atoms with E-state index in [4.69, 9.17) is 4.74 Å². The van der Waals surface area contributed by atoms with Crippen molar-refractivity contribution < 1.29 is 14.1 Å². The van der Waals surface area contributed by atoms with Crippen molar-refractivity contribution >= 4 is 34.3 Å². The van der Waals surface area contributed by atoms with Gasteiger partial charge in [-0.3, -0.25) is 0 Å². The Labute approximate surface area is 170 Å².